The summed E-state index contributed by atoms with van der Waals surface area (Å²) in [4.78, 5) is 52.4. The molecule has 2 aliphatic heterocycles. The predicted molar refractivity (Wildman–Crippen MR) is 145 cm³/mol. The molecule has 40 heavy (non-hydrogen) atoms. The first kappa shape index (κ1) is 28.9. The Morgan fingerprint density at radius 3 is 2.42 bits per heavy atom. The minimum absolute atomic E-state index is 0.0752. The van der Waals surface area contributed by atoms with Crippen LogP contribution in [0.4, 0.5) is 24.1 Å². The van der Waals surface area contributed by atoms with Gasteiger partial charge in [0.15, 0.2) is 17.4 Å². The minimum atomic E-state index is -1.19. The highest BCUT2D eigenvalue weighted by atomic mass is 19.2. The van der Waals surface area contributed by atoms with Gasteiger partial charge in [-0.1, -0.05) is 18.2 Å². The van der Waals surface area contributed by atoms with Gasteiger partial charge in [0, 0.05) is 30.9 Å². The highest BCUT2D eigenvalue weighted by Crippen LogP contribution is 2.33. The number of carbonyl (C=O) groups excluding carboxylic acids is 4. The van der Waals surface area contributed by atoms with Crippen LogP contribution in [0, 0.1) is 11.6 Å². The van der Waals surface area contributed by atoms with E-state index in [9.17, 15) is 28.0 Å². The van der Waals surface area contributed by atoms with Crippen molar-refractivity contribution >= 4 is 29.4 Å². The summed E-state index contributed by atoms with van der Waals surface area (Å²) in [5.74, 6) is -2.33. The van der Waals surface area contributed by atoms with Crippen molar-refractivity contribution in [2.24, 2.45) is 0 Å². The summed E-state index contributed by atoms with van der Waals surface area (Å²) in [5, 5.41) is 7.94. The van der Waals surface area contributed by atoms with E-state index >= 15 is 0 Å². The van der Waals surface area contributed by atoms with Crippen molar-refractivity contribution in [3.8, 4) is 0 Å². The van der Waals surface area contributed by atoms with Crippen LogP contribution in [0.2, 0.25) is 0 Å². The molecule has 1 fully saturated rings. The Balaban J connectivity index is 1.30. The predicted octanol–water partition coefficient (Wildman–Crippen LogP) is 4.44. The first-order valence-electron chi connectivity index (χ1n) is 13.3. The van der Waals surface area contributed by atoms with Gasteiger partial charge in [-0.3, -0.25) is 9.59 Å². The summed E-state index contributed by atoms with van der Waals surface area (Å²) < 4.78 is 27.5. The van der Waals surface area contributed by atoms with E-state index in [-0.39, 0.29) is 23.6 Å². The van der Waals surface area contributed by atoms with Gasteiger partial charge in [-0.2, -0.15) is 0 Å². The lowest BCUT2D eigenvalue weighted by atomic mass is 9.89. The minimum Gasteiger partial charge on any atom is -0.337 e. The zero-order valence-corrected chi connectivity index (χ0v) is 22.5. The maximum atomic E-state index is 14.0. The van der Waals surface area contributed by atoms with Crippen molar-refractivity contribution in [3.05, 3.63) is 77.0 Å². The molecule has 11 heteroatoms. The van der Waals surface area contributed by atoms with Crippen molar-refractivity contribution in [2.45, 2.75) is 45.1 Å². The Labute approximate surface area is 231 Å². The normalized spacial score (nSPS) is 18.1. The molecule has 5 amide bonds. The largest absolute Gasteiger partial charge is 0.337 e. The van der Waals surface area contributed by atoms with Crippen molar-refractivity contribution in [2.75, 3.05) is 31.5 Å². The summed E-state index contributed by atoms with van der Waals surface area (Å²) in [6, 6.07) is 8.25. The van der Waals surface area contributed by atoms with Crippen LogP contribution in [0.1, 0.15) is 56.2 Å². The van der Waals surface area contributed by atoms with Crippen LogP contribution >= 0.6 is 0 Å². The molecule has 1 saturated heterocycles. The molecule has 2 aliphatic rings. The Kier molecular flexibility index (Phi) is 9.26. The topological polar surface area (TPSA) is 111 Å². The van der Waals surface area contributed by atoms with Gasteiger partial charge in [0.05, 0.1) is 6.04 Å². The fourth-order valence-corrected chi connectivity index (χ4v) is 5.21. The van der Waals surface area contributed by atoms with E-state index in [0.717, 1.165) is 55.2 Å². The zero-order valence-electron chi connectivity index (χ0n) is 22.5. The standard InChI is InChI=1S/C29H33F2N5O4/c1-18(37)24-17-33-29(40)36(27(24)22-7-8-25(30)26(31)16-22)28(39)32-11-4-12-35-13-9-20(10-14-35)21-5-3-6-23(15-21)34-19(2)38/h3,5-8,15-17,20,27H,4,9-14H2,1-2H3,(H,32,39)(H,33,40)(H,34,38). The summed E-state index contributed by atoms with van der Waals surface area (Å²) in [5.41, 5.74) is 2.18. The molecular formula is C29H33F2N5O4. The van der Waals surface area contributed by atoms with Crippen molar-refractivity contribution in [3.63, 3.8) is 0 Å². The summed E-state index contributed by atoms with van der Waals surface area (Å²) in [6.45, 7) is 5.57. The fraction of sp³-hybridized carbons (Fsp3) is 0.379. The average molecular weight is 554 g/mol. The third kappa shape index (κ3) is 6.90. The molecule has 2 heterocycles. The molecule has 0 saturated carbocycles. The molecule has 1 unspecified atom stereocenters. The second-order valence-corrected chi connectivity index (χ2v) is 10.1. The third-order valence-electron chi connectivity index (χ3n) is 7.20. The lowest BCUT2D eigenvalue weighted by Crippen LogP contribution is -2.53. The molecule has 9 nitrogen and oxygen atoms in total. The average Bonchev–Trinajstić information content (AvgIpc) is 2.92. The van der Waals surface area contributed by atoms with E-state index in [1.165, 1.54) is 31.7 Å². The molecular weight excluding hydrogens is 520 g/mol. The van der Waals surface area contributed by atoms with Crippen LogP contribution in [0.25, 0.3) is 0 Å². The molecule has 0 bridgehead atoms. The van der Waals surface area contributed by atoms with Crippen molar-refractivity contribution < 1.29 is 28.0 Å². The van der Waals surface area contributed by atoms with E-state index in [1.807, 2.05) is 18.2 Å². The second-order valence-electron chi connectivity index (χ2n) is 10.1. The van der Waals surface area contributed by atoms with Gasteiger partial charge < -0.3 is 20.9 Å². The molecule has 0 radical (unpaired) electrons. The first-order chi connectivity index (χ1) is 19.1. The molecule has 0 spiro atoms. The smallest absolute Gasteiger partial charge is 0.330 e. The van der Waals surface area contributed by atoms with E-state index in [2.05, 4.69) is 26.9 Å². The maximum absolute atomic E-state index is 14.0. The summed E-state index contributed by atoms with van der Waals surface area (Å²) in [6.07, 6.45) is 3.77. The molecule has 0 aliphatic carbocycles. The van der Waals surface area contributed by atoms with Gasteiger partial charge in [-0.15, -0.1) is 0 Å². The lowest BCUT2D eigenvalue weighted by molar-refractivity contribution is -0.115. The van der Waals surface area contributed by atoms with Crippen molar-refractivity contribution in [1.82, 2.24) is 20.4 Å². The lowest BCUT2D eigenvalue weighted by Gasteiger charge is -2.34. The number of likely N-dealkylation sites (tertiary alicyclic amines) is 1. The first-order valence-corrected chi connectivity index (χ1v) is 13.3. The quantitative estimate of drug-likeness (QED) is 0.419. The number of hydrogen-bond donors (Lipinski definition) is 3. The van der Waals surface area contributed by atoms with E-state index < -0.39 is 35.5 Å². The number of urea groups is 2. The number of nitrogens with zero attached hydrogens (tertiary/aromatic N) is 2. The zero-order chi connectivity index (χ0) is 28.8. The number of Topliss-reactive ketones (excluding diaryl/α,β-unsaturated/α-hetero) is 1. The van der Waals surface area contributed by atoms with Crippen LogP contribution in [-0.4, -0.2) is 59.7 Å². The molecule has 2 aromatic rings. The maximum Gasteiger partial charge on any atom is 0.330 e. The number of imide groups is 1. The SMILES string of the molecule is CC(=O)Nc1cccc(C2CCN(CCCNC(=O)N3C(=O)NC=C(C(C)=O)C3c3ccc(F)c(F)c3)CC2)c1. The molecule has 4 rings (SSSR count). The number of piperidine rings is 1. The number of rotatable bonds is 8. The van der Waals surface area contributed by atoms with Crippen LogP contribution < -0.4 is 16.0 Å². The van der Waals surface area contributed by atoms with Gasteiger partial charge in [0.2, 0.25) is 5.91 Å². The highest BCUT2D eigenvalue weighted by molar-refractivity contribution is 6.02. The number of benzene rings is 2. The van der Waals surface area contributed by atoms with Gasteiger partial charge >= 0.3 is 12.1 Å². The summed E-state index contributed by atoms with van der Waals surface area (Å²) >= 11 is 0. The fourth-order valence-electron chi connectivity index (χ4n) is 5.21. The molecule has 3 N–H and O–H groups in total. The van der Waals surface area contributed by atoms with Gasteiger partial charge in [0.25, 0.3) is 0 Å². The highest BCUT2D eigenvalue weighted by Gasteiger charge is 2.38. The van der Waals surface area contributed by atoms with Gasteiger partial charge in [-0.05, 0) is 87.1 Å². The van der Waals surface area contributed by atoms with Crippen LogP contribution in [-0.2, 0) is 9.59 Å². The number of nitrogens with one attached hydrogen (secondary N) is 3. The number of hydrogen-bond acceptors (Lipinski definition) is 5. The van der Waals surface area contributed by atoms with E-state index in [0.29, 0.717) is 12.3 Å². The van der Waals surface area contributed by atoms with Gasteiger partial charge in [-0.25, -0.2) is 23.3 Å². The van der Waals surface area contributed by atoms with E-state index in [4.69, 9.17) is 0 Å². The molecule has 1 atom stereocenters. The monoisotopic (exact) mass is 553 g/mol. The number of halogens is 2. The Morgan fingerprint density at radius 2 is 1.75 bits per heavy atom. The number of amides is 5. The third-order valence-corrected chi connectivity index (χ3v) is 7.20. The molecule has 2 aromatic carbocycles. The van der Waals surface area contributed by atoms with Crippen LogP contribution in [0.3, 0.4) is 0 Å². The van der Waals surface area contributed by atoms with Gasteiger partial charge in [0.1, 0.15) is 0 Å². The van der Waals surface area contributed by atoms with E-state index in [1.54, 1.807) is 0 Å². The Morgan fingerprint density at radius 1 is 1.00 bits per heavy atom. The van der Waals surface area contributed by atoms with Crippen LogP contribution in [0.5, 0.6) is 0 Å². The number of anilines is 1. The number of carbonyl (C=O) groups is 4. The van der Waals surface area contributed by atoms with Crippen molar-refractivity contribution in [1.29, 1.82) is 0 Å². The molecule has 212 valence electrons. The Bertz CT molecular complexity index is 1320. The number of ketones is 1. The second kappa shape index (κ2) is 12.8. The Hall–Kier alpha value is -4.12. The van der Waals surface area contributed by atoms with Crippen LogP contribution in [0.15, 0.2) is 54.2 Å². The summed E-state index contributed by atoms with van der Waals surface area (Å²) in [7, 11) is 0. The molecule has 0 aromatic heterocycles.